The fourth-order valence-electron chi connectivity index (χ4n) is 2.29. The second-order valence-corrected chi connectivity index (χ2v) is 5.16. The predicted molar refractivity (Wildman–Crippen MR) is 61.4 cm³/mol. The molecule has 0 atom stereocenters. The van der Waals surface area contributed by atoms with Crippen molar-refractivity contribution in [3.63, 3.8) is 0 Å². The lowest BCUT2D eigenvalue weighted by atomic mass is 9.62. The molecule has 0 radical (unpaired) electrons. The van der Waals surface area contributed by atoms with Crippen molar-refractivity contribution in [3.05, 3.63) is 33.8 Å². The number of hydrogen-bond donors (Lipinski definition) is 1. The van der Waals surface area contributed by atoms with E-state index in [1.807, 2.05) is 0 Å². The van der Waals surface area contributed by atoms with Gasteiger partial charge >= 0.3 is 0 Å². The summed E-state index contributed by atoms with van der Waals surface area (Å²) < 4.78 is 26.0. The number of rotatable bonds is 2. The fourth-order valence-corrected chi connectivity index (χ4v) is 2.78. The third-order valence-electron chi connectivity index (χ3n) is 3.08. The van der Waals surface area contributed by atoms with Crippen LogP contribution in [0.25, 0.3) is 0 Å². The predicted octanol–water partition coefficient (Wildman–Crippen LogP) is 3.62. The zero-order chi connectivity index (χ0) is 12.0. The molecule has 1 aliphatic rings. The standard InChI is InChI=1S/C11H11Cl2F2N/c12-7-1-2-9(13)8(3-7)10(6-16)4-11(14,15)5-10/h1-3H,4-6,16H2. The first-order valence-electron chi connectivity index (χ1n) is 4.92. The van der Waals surface area contributed by atoms with Gasteiger partial charge in [-0.25, -0.2) is 8.78 Å². The molecule has 5 heteroatoms. The van der Waals surface area contributed by atoms with E-state index >= 15 is 0 Å². The van der Waals surface area contributed by atoms with Gasteiger partial charge in [0.05, 0.1) is 0 Å². The first kappa shape index (κ1) is 12.1. The third-order valence-corrected chi connectivity index (χ3v) is 3.65. The van der Waals surface area contributed by atoms with Gasteiger partial charge in [0.25, 0.3) is 0 Å². The topological polar surface area (TPSA) is 26.0 Å². The van der Waals surface area contributed by atoms with Crippen LogP contribution in [0, 0.1) is 0 Å². The molecule has 0 bridgehead atoms. The Balaban J connectivity index is 2.39. The normalized spacial score (nSPS) is 21.6. The Morgan fingerprint density at radius 1 is 1.25 bits per heavy atom. The minimum absolute atomic E-state index is 0.155. The summed E-state index contributed by atoms with van der Waals surface area (Å²) in [5.41, 5.74) is 5.52. The summed E-state index contributed by atoms with van der Waals surface area (Å²) in [6, 6.07) is 4.88. The Bertz CT molecular complexity index is 412. The van der Waals surface area contributed by atoms with Crippen LogP contribution in [0.3, 0.4) is 0 Å². The minimum Gasteiger partial charge on any atom is -0.330 e. The molecular weight excluding hydrogens is 255 g/mol. The monoisotopic (exact) mass is 265 g/mol. The van der Waals surface area contributed by atoms with Gasteiger partial charge in [0, 0.05) is 34.8 Å². The number of hydrogen-bond acceptors (Lipinski definition) is 1. The Kier molecular flexibility index (Phi) is 2.89. The SMILES string of the molecule is NCC1(c2cc(Cl)ccc2Cl)CC(F)(F)C1. The highest BCUT2D eigenvalue weighted by atomic mass is 35.5. The average molecular weight is 266 g/mol. The zero-order valence-corrected chi connectivity index (χ0v) is 9.95. The Morgan fingerprint density at radius 3 is 2.38 bits per heavy atom. The van der Waals surface area contributed by atoms with Gasteiger partial charge < -0.3 is 5.73 Å². The maximum absolute atomic E-state index is 13.0. The van der Waals surface area contributed by atoms with E-state index in [9.17, 15) is 8.78 Å². The van der Waals surface area contributed by atoms with Crippen LogP contribution in [0.1, 0.15) is 18.4 Å². The highest BCUT2D eigenvalue weighted by Crippen LogP contribution is 2.54. The lowest BCUT2D eigenvalue weighted by Crippen LogP contribution is -2.53. The molecule has 88 valence electrons. The molecule has 2 rings (SSSR count). The van der Waals surface area contributed by atoms with Crippen molar-refractivity contribution >= 4 is 23.2 Å². The van der Waals surface area contributed by atoms with Crippen molar-refractivity contribution < 1.29 is 8.78 Å². The summed E-state index contributed by atoms with van der Waals surface area (Å²) in [7, 11) is 0. The van der Waals surface area contributed by atoms with Crippen LogP contribution in [0.5, 0.6) is 0 Å². The van der Waals surface area contributed by atoms with Crippen molar-refractivity contribution in [3.8, 4) is 0 Å². The summed E-state index contributed by atoms with van der Waals surface area (Å²) in [6.07, 6.45) is -0.507. The maximum Gasteiger partial charge on any atom is 0.250 e. The molecular formula is C11H11Cl2F2N. The maximum atomic E-state index is 13.0. The first-order valence-corrected chi connectivity index (χ1v) is 5.68. The molecule has 1 aliphatic carbocycles. The largest absolute Gasteiger partial charge is 0.330 e. The molecule has 1 aromatic rings. The molecule has 1 nitrogen and oxygen atoms in total. The van der Waals surface area contributed by atoms with Crippen LogP contribution in [-0.4, -0.2) is 12.5 Å². The fraction of sp³-hybridized carbons (Fsp3) is 0.455. The molecule has 16 heavy (non-hydrogen) atoms. The van der Waals surface area contributed by atoms with Gasteiger partial charge in [0.1, 0.15) is 0 Å². The Morgan fingerprint density at radius 2 is 1.88 bits per heavy atom. The average Bonchev–Trinajstić information content (AvgIpc) is 2.17. The summed E-state index contributed by atoms with van der Waals surface area (Å²) >= 11 is 11.9. The highest BCUT2D eigenvalue weighted by molar-refractivity contribution is 6.33. The summed E-state index contributed by atoms with van der Waals surface area (Å²) in [5, 5.41) is 0.938. The van der Waals surface area contributed by atoms with Crippen LogP contribution < -0.4 is 5.73 Å². The van der Waals surface area contributed by atoms with Gasteiger partial charge in [0.2, 0.25) is 5.92 Å². The Labute approximate surface area is 103 Å². The quantitative estimate of drug-likeness (QED) is 0.869. The van der Waals surface area contributed by atoms with E-state index in [4.69, 9.17) is 28.9 Å². The van der Waals surface area contributed by atoms with Gasteiger partial charge in [-0.3, -0.25) is 0 Å². The number of nitrogens with two attached hydrogens (primary N) is 1. The van der Waals surface area contributed by atoms with Crippen molar-refractivity contribution in [2.75, 3.05) is 6.54 Å². The van der Waals surface area contributed by atoms with Crippen molar-refractivity contribution in [2.24, 2.45) is 5.73 Å². The molecule has 0 aliphatic heterocycles. The molecule has 0 amide bonds. The van der Waals surface area contributed by atoms with Gasteiger partial charge in [-0.15, -0.1) is 0 Å². The molecule has 0 saturated heterocycles. The van der Waals surface area contributed by atoms with E-state index in [1.165, 1.54) is 0 Å². The van der Waals surface area contributed by atoms with E-state index < -0.39 is 11.3 Å². The van der Waals surface area contributed by atoms with Gasteiger partial charge in [0.15, 0.2) is 0 Å². The number of halogens is 4. The summed E-state index contributed by atoms with van der Waals surface area (Å²) in [4.78, 5) is 0. The van der Waals surface area contributed by atoms with Crippen molar-refractivity contribution in [1.29, 1.82) is 0 Å². The molecule has 1 saturated carbocycles. The van der Waals surface area contributed by atoms with E-state index in [0.717, 1.165) is 0 Å². The molecule has 1 aromatic carbocycles. The molecule has 0 spiro atoms. The zero-order valence-electron chi connectivity index (χ0n) is 8.44. The van der Waals surface area contributed by atoms with Crippen LogP contribution in [0.4, 0.5) is 8.78 Å². The van der Waals surface area contributed by atoms with Crippen LogP contribution in [0.15, 0.2) is 18.2 Å². The van der Waals surface area contributed by atoms with E-state index in [0.29, 0.717) is 15.6 Å². The van der Waals surface area contributed by atoms with Crippen LogP contribution in [0.2, 0.25) is 10.0 Å². The van der Waals surface area contributed by atoms with Gasteiger partial charge in [-0.1, -0.05) is 23.2 Å². The molecule has 0 heterocycles. The van der Waals surface area contributed by atoms with E-state index in [-0.39, 0.29) is 19.4 Å². The van der Waals surface area contributed by atoms with Crippen molar-refractivity contribution in [1.82, 2.24) is 0 Å². The molecule has 1 fully saturated rings. The summed E-state index contributed by atoms with van der Waals surface area (Å²) in [6.45, 7) is 0.155. The number of benzene rings is 1. The van der Waals surface area contributed by atoms with Crippen LogP contribution in [-0.2, 0) is 5.41 Å². The minimum atomic E-state index is -2.63. The lowest BCUT2D eigenvalue weighted by molar-refractivity contribution is -0.123. The third kappa shape index (κ3) is 1.92. The van der Waals surface area contributed by atoms with Crippen molar-refractivity contribution in [2.45, 2.75) is 24.2 Å². The lowest BCUT2D eigenvalue weighted by Gasteiger charge is -2.47. The van der Waals surface area contributed by atoms with Gasteiger partial charge in [-0.2, -0.15) is 0 Å². The molecule has 0 aromatic heterocycles. The second-order valence-electron chi connectivity index (χ2n) is 4.32. The number of alkyl halides is 2. The van der Waals surface area contributed by atoms with Crippen LogP contribution >= 0.6 is 23.2 Å². The molecule has 0 unspecified atom stereocenters. The summed E-state index contributed by atoms with van der Waals surface area (Å²) in [5.74, 6) is -2.63. The first-order chi connectivity index (χ1) is 7.38. The Hall–Kier alpha value is -0.380. The van der Waals surface area contributed by atoms with Gasteiger partial charge in [-0.05, 0) is 23.8 Å². The smallest absolute Gasteiger partial charge is 0.250 e. The molecule has 2 N–H and O–H groups in total. The van der Waals surface area contributed by atoms with E-state index in [1.54, 1.807) is 18.2 Å². The second kappa shape index (κ2) is 3.83. The highest BCUT2D eigenvalue weighted by Gasteiger charge is 2.57. The van der Waals surface area contributed by atoms with E-state index in [2.05, 4.69) is 0 Å².